The Morgan fingerprint density at radius 1 is 1.06 bits per heavy atom. The van der Waals surface area contributed by atoms with E-state index >= 15 is 0 Å². The Labute approximate surface area is 202 Å². The first-order valence-electron chi connectivity index (χ1n) is 11.9. The van der Waals surface area contributed by atoms with E-state index in [1.165, 1.54) is 29.5 Å². The van der Waals surface area contributed by atoms with Crippen LogP contribution in [0.15, 0.2) is 78.9 Å². The Kier molecular flexibility index (Phi) is 8.01. The van der Waals surface area contributed by atoms with Crippen molar-refractivity contribution in [3.63, 3.8) is 0 Å². The highest BCUT2D eigenvalue weighted by molar-refractivity contribution is 5.69. The van der Waals surface area contributed by atoms with Gasteiger partial charge in [0.05, 0.1) is 12.3 Å². The van der Waals surface area contributed by atoms with Crippen molar-refractivity contribution in [1.82, 2.24) is 4.90 Å². The fourth-order valence-corrected chi connectivity index (χ4v) is 4.72. The van der Waals surface area contributed by atoms with Gasteiger partial charge >= 0.3 is 5.97 Å². The van der Waals surface area contributed by atoms with Crippen LogP contribution in [-0.4, -0.2) is 27.3 Å². The summed E-state index contributed by atoms with van der Waals surface area (Å²) in [4.78, 5) is 13.7. The van der Waals surface area contributed by atoms with Crippen LogP contribution in [0.2, 0.25) is 0 Å². The van der Waals surface area contributed by atoms with Crippen molar-refractivity contribution in [2.24, 2.45) is 0 Å². The number of hydrogen-bond acceptors (Lipinski definition) is 2. The van der Waals surface area contributed by atoms with Crippen LogP contribution in [-0.2, 0) is 17.9 Å². The Bertz CT molecular complexity index is 1140. The normalized spacial score (nSPS) is 16.4. The van der Waals surface area contributed by atoms with Gasteiger partial charge in [0.15, 0.2) is 6.61 Å². The number of aliphatic hydroxyl groups is 1. The Morgan fingerprint density at radius 3 is 2.56 bits per heavy atom. The fraction of sp³-hybridized carbons (Fsp3) is 0.300. The number of likely N-dealkylation sites (tertiary alicyclic amines) is 1. The van der Waals surface area contributed by atoms with Gasteiger partial charge in [0, 0.05) is 30.3 Å². The molecule has 0 radical (unpaired) electrons. The molecule has 1 aliphatic rings. The number of carboxylic acid groups (broad SMARTS) is 1. The van der Waals surface area contributed by atoms with Gasteiger partial charge < -0.3 is 9.84 Å². The van der Waals surface area contributed by atoms with Crippen LogP contribution in [0.4, 0.5) is 0 Å². The standard InChI is InChI=1S/C30H31NO3/c1-2-8-27(20-30(32)33)25-14-16-28(17-15-25)34-22-24-10-6-9-23(19-24)21-31-18-7-13-29(31)26-11-4-3-5-12-26/h3-6,9-12,14-17,19,27,29H,7,13,18,20-22H2,1H3,(H,32,33)/p+1/t27-,29?/m0/s1. The summed E-state index contributed by atoms with van der Waals surface area (Å²) in [6, 6.07) is 27.8. The summed E-state index contributed by atoms with van der Waals surface area (Å²) in [6.07, 6.45) is 2.46. The van der Waals surface area contributed by atoms with Crippen molar-refractivity contribution in [2.75, 3.05) is 6.54 Å². The molecule has 0 amide bonds. The minimum atomic E-state index is -0.842. The third-order valence-electron chi connectivity index (χ3n) is 6.36. The molecule has 0 aromatic heterocycles. The third kappa shape index (κ3) is 6.27. The van der Waals surface area contributed by atoms with E-state index in [1.807, 2.05) is 24.3 Å². The van der Waals surface area contributed by atoms with Gasteiger partial charge in [-0.15, -0.1) is 5.92 Å². The summed E-state index contributed by atoms with van der Waals surface area (Å²) in [7, 11) is 0. The van der Waals surface area contributed by atoms with Crippen molar-refractivity contribution >= 4 is 5.97 Å². The highest BCUT2D eigenvalue weighted by Crippen LogP contribution is 2.33. The van der Waals surface area contributed by atoms with Gasteiger partial charge in [-0.1, -0.05) is 54.5 Å². The molecule has 3 aromatic rings. The molecule has 1 aliphatic heterocycles. The summed E-state index contributed by atoms with van der Waals surface area (Å²) >= 11 is 0. The molecule has 3 aromatic carbocycles. The first kappa shape index (κ1) is 23.6. The predicted molar refractivity (Wildman–Crippen MR) is 136 cm³/mol. The molecule has 0 saturated carbocycles. The zero-order valence-corrected chi connectivity index (χ0v) is 19.7. The van der Waals surface area contributed by atoms with Crippen molar-refractivity contribution < 1.29 is 14.6 Å². The maximum absolute atomic E-state index is 11.1. The summed E-state index contributed by atoms with van der Waals surface area (Å²) in [6.45, 7) is 4.43. The summed E-state index contributed by atoms with van der Waals surface area (Å²) < 4.78 is 4.75. The Hall–Kier alpha value is -3.55. The molecule has 174 valence electrons. The molecule has 2 N–H and O–H groups in total. The summed E-state index contributed by atoms with van der Waals surface area (Å²) in [5.41, 5.74) is 4.83. The highest BCUT2D eigenvalue weighted by atomic mass is 16.5. The second kappa shape index (κ2) is 11.5. The molecule has 4 heteroatoms. The lowest BCUT2D eigenvalue weighted by Crippen LogP contribution is -2.22. The van der Waals surface area contributed by atoms with E-state index in [0.29, 0.717) is 12.6 Å². The van der Waals surface area contributed by atoms with E-state index in [2.05, 4.69) is 71.3 Å². The molecule has 1 unspecified atom stereocenters. The van der Waals surface area contributed by atoms with Crippen LogP contribution >= 0.6 is 0 Å². The van der Waals surface area contributed by atoms with E-state index in [4.69, 9.17) is 9.84 Å². The number of carboxylic acids is 1. The van der Waals surface area contributed by atoms with Crippen LogP contribution in [0.25, 0.3) is 0 Å². The molecule has 1 fully saturated rings. The van der Waals surface area contributed by atoms with E-state index < -0.39 is 5.97 Å². The lowest BCUT2D eigenvalue weighted by atomic mass is 9.96. The minimum Gasteiger partial charge on any atom is -0.579 e. The van der Waals surface area contributed by atoms with Gasteiger partial charge in [-0.25, -0.2) is 0 Å². The molecule has 4 nitrogen and oxygen atoms in total. The van der Waals surface area contributed by atoms with Gasteiger partial charge in [0.2, 0.25) is 0 Å². The smallest absolute Gasteiger partial charge is 0.304 e. The first-order valence-corrected chi connectivity index (χ1v) is 11.9. The second-order valence-corrected chi connectivity index (χ2v) is 8.81. The predicted octanol–water partition coefficient (Wildman–Crippen LogP) is 6.05. The molecule has 4 rings (SSSR count). The SMILES string of the molecule is CC#C[C@@H](CC(=O)O)c1ccc([OH+]Cc2cccc(CN3CCCC3c3ccccc3)c2)cc1. The third-order valence-corrected chi connectivity index (χ3v) is 6.36. The fourth-order valence-electron chi connectivity index (χ4n) is 4.72. The topological polar surface area (TPSA) is 53.3 Å². The summed E-state index contributed by atoms with van der Waals surface area (Å²) in [5, 5.41) is 9.13. The number of carbonyl (C=O) groups is 1. The monoisotopic (exact) mass is 454 g/mol. The van der Waals surface area contributed by atoms with Crippen molar-refractivity contribution in [1.29, 1.82) is 0 Å². The van der Waals surface area contributed by atoms with E-state index in [9.17, 15) is 4.79 Å². The minimum absolute atomic E-state index is 0.00622. The first-order chi connectivity index (χ1) is 16.6. The Balaban J connectivity index is 1.36. The summed E-state index contributed by atoms with van der Waals surface area (Å²) in [5.74, 6) is 5.58. The lowest BCUT2D eigenvalue weighted by molar-refractivity contribution is -0.137. The molecule has 34 heavy (non-hydrogen) atoms. The zero-order chi connectivity index (χ0) is 23.8. The average Bonchev–Trinajstić information content (AvgIpc) is 3.31. The number of aliphatic carboxylic acids is 1. The van der Waals surface area contributed by atoms with E-state index in [0.717, 1.165) is 24.4 Å². The van der Waals surface area contributed by atoms with Gasteiger partial charge in [-0.05, 0) is 61.2 Å². The zero-order valence-electron chi connectivity index (χ0n) is 19.7. The van der Waals surface area contributed by atoms with E-state index in [-0.39, 0.29) is 12.3 Å². The van der Waals surface area contributed by atoms with E-state index in [1.54, 1.807) is 6.92 Å². The van der Waals surface area contributed by atoms with Crippen LogP contribution < -0.4 is 0 Å². The van der Waals surface area contributed by atoms with Gasteiger partial charge in [0.1, 0.15) is 0 Å². The average molecular weight is 455 g/mol. The van der Waals surface area contributed by atoms with Crippen molar-refractivity contribution in [3.8, 4) is 17.6 Å². The molecule has 1 heterocycles. The highest BCUT2D eigenvalue weighted by Gasteiger charge is 2.25. The molecule has 0 aliphatic carbocycles. The lowest BCUT2D eigenvalue weighted by Gasteiger charge is -2.25. The maximum atomic E-state index is 11.1. The molecular weight excluding hydrogens is 422 g/mol. The number of hydrogen-bond donors (Lipinski definition) is 1. The van der Waals surface area contributed by atoms with Crippen LogP contribution in [0.1, 0.15) is 60.4 Å². The number of aromatic hydroxyl groups is 1. The number of ether oxygens (including phenoxy) is 1. The van der Waals surface area contributed by atoms with Crippen LogP contribution in [0, 0.1) is 11.8 Å². The van der Waals surface area contributed by atoms with Gasteiger partial charge in [0.25, 0.3) is 5.75 Å². The molecule has 1 saturated heterocycles. The van der Waals surface area contributed by atoms with Crippen molar-refractivity contribution in [2.45, 2.75) is 51.3 Å². The molecule has 0 spiro atoms. The van der Waals surface area contributed by atoms with Crippen LogP contribution in [0.5, 0.6) is 5.75 Å². The molecular formula is C30H32NO3+. The molecule has 0 bridgehead atoms. The number of benzene rings is 3. The van der Waals surface area contributed by atoms with Crippen LogP contribution in [0.3, 0.4) is 0 Å². The maximum Gasteiger partial charge on any atom is 0.304 e. The number of nitrogens with zero attached hydrogens (tertiary/aromatic N) is 1. The Morgan fingerprint density at radius 2 is 1.82 bits per heavy atom. The largest absolute Gasteiger partial charge is 0.579 e. The second-order valence-electron chi connectivity index (χ2n) is 8.81. The number of rotatable bonds is 9. The van der Waals surface area contributed by atoms with Gasteiger partial charge in [-0.3, -0.25) is 9.69 Å². The quantitative estimate of drug-likeness (QED) is 0.316. The van der Waals surface area contributed by atoms with Gasteiger partial charge in [-0.2, -0.15) is 0 Å². The van der Waals surface area contributed by atoms with Crippen molar-refractivity contribution in [3.05, 3.63) is 101 Å². The molecule has 2 atom stereocenters.